The molecular formula is C19H28O2. The van der Waals surface area contributed by atoms with Gasteiger partial charge in [0.15, 0.2) is 0 Å². The molecule has 0 saturated heterocycles. The molecule has 1 aliphatic carbocycles. The first kappa shape index (κ1) is 14.9. The summed E-state index contributed by atoms with van der Waals surface area (Å²) in [4.78, 5) is 0. The lowest BCUT2D eigenvalue weighted by molar-refractivity contribution is 0.0168. The van der Waals surface area contributed by atoms with E-state index < -0.39 is 0 Å². The van der Waals surface area contributed by atoms with Crippen molar-refractivity contribution in [3.05, 3.63) is 29.3 Å². The number of aryl methyl sites for hydroxylation is 1. The van der Waals surface area contributed by atoms with Gasteiger partial charge in [-0.2, -0.15) is 0 Å². The topological polar surface area (TPSA) is 29.5 Å². The van der Waals surface area contributed by atoms with E-state index in [2.05, 4.69) is 39.0 Å². The summed E-state index contributed by atoms with van der Waals surface area (Å²) >= 11 is 0. The number of aliphatic hydroxyl groups is 1. The number of hydrogen-bond acceptors (Lipinski definition) is 2. The van der Waals surface area contributed by atoms with Gasteiger partial charge in [-0.3, -0.25) is 0 Å². The molecule has 1 aromatic carbocycles. The predicted octanol–water partition coefficient (Wildman–Crippen LogP) is 4.12. The molecule has 116 valence electrons. The Labute approximate surface area is 128 Å². The Hall–Kier alpha value is -1.02. The van der Waals surface area contributed by atoms with E-state index >= 15 is 0 Å². The molecule has 0 radical (unpaired) electrons. The number of ether oxygens (including phenoxy) is 1. The van der Waals surface area contributed by atoms with Gasteiger partial charge in [0, 0.05) is 6.42 Å². The van der Waals surface area contributed by atoms with E-state index in [1.54, 1.807) is 0 Å². The highest BCUT2D eigenvalue weighted by atomic mass is 16.5. The lowest BCUT2D eigenvalue weighted by atomic mass is 9.73. The van der Waals surface area contributed by atoms with Gasteiger partial charge < -0.3 is 9.84 Å². The molecule has 21 heavy (non-hydrogen) atoms. The minimum atomic E-state index is -0.131. The average Bonchev–Trinajstić information content (AvgIpc) is 2.82. The van der Waals surface area contributed by atoms with Crippen LogP contribution in [0.15, 0.2) is 18.2 Å². The molecule has 1 aliphatic heterocycles. The smallest absolute Gasteiger partial charge is 0.123 e. The standard InChI is InChI=1S/C19H28O2/c1-12(2)14-5-6-18(20)15(9-14)10-17-11-16-8-13(3)4-7-19(16)21-17/h4,7-8,12,14-15,17-18,20H,5-6,9-11H2,1-3H3. The average molecular weight is 288 g/mol. The minimum Gasteiger partial charge on any atom is -0.490 e. The van der Waals surface area contributed by atoms with Gasteiger partial charge in [-0.15, -0.1) is 0 Å². The van der Waals surface area contributed by atoms with E-state index in [0.717, 1.165) is 43.3 Å². The SMILES string of the molecule is Cc1ccc2c(c1)CC(CC1CC(C(C)C)CCC1O)O2. The van der Waals surface area contributed by atoms with E-state index in [1.807, 2.05) is 0 Å². The van der Waals surface area contributed by atoms with Gasteiger partial charge >= 0.3 is 0 Å². The fourth-order valence-corrected chi connectivity index (χ4v) is 4.06. The zero-order chi connectivity index (χ0) is 15.0. The Kier molecular flexibility index (Phi) is 4.26. The second-order valence-electron chi connectivity index (χ2n) is 7.44. The van der Waals surface area contributed by atoms with Crippen LogP contribution in [0.5, 0.6) is 5.75 Å². The fraction of sp³-hybridized carbons (Fsp3) is 0.684. The molecule has 2 heteroatoms. The second kappa shape index (κ2) is 6.00. The molecule has 1 aromatic rings. The first-order valence-corrected chi connectivity index (χ1v) is 8.47. The maximum absolute atomic E-state index is 10.3. The van der Waals surface area contributed by atoms with Gasteiger partial charge in [-0.25, -0.2) is 0 Å². The van der Waals surface area contributed by atoms with Crippen molar-refractivity contribution in [1.29, 1.82) is 0 Å². The van der Waals surface area contributed by atoms with Crippen LogP contribution < -0.4 is 4.74 Å². The van der Waals surface area contributed by atoms with Gasteiger partial charge in [0.1, 0.15) is 11.9 Å². The van der Waals surface area contributed by atoms with Crippen molar-refractivity contribution in [3.63, 3.8) is 0 Å². The highest BCUT2D eigenvalue weighted by Crippen LogP contribution is 2.39. The molecule has 3 rings (SSSR count). The molecular weight excluding hydrogens is 260 g/mol. The van der Waals surface area contributed by atoms with Crippen LogP contribution in [0, 0.1) is 24.7 Å². The van der Waals surface area contributed by atoms with Crippen LogP contribution >= 0.6 is 0 Å². The van der Waals surface area contributed by atoms with Crippen molar-refractivity contribution in [3.8, 4) is 5.75 Å². The Bertz CT molecular complexity index is 494. The third-order valence-corrected chi connectivity index (χ3v) is 5.45. The fourth-order valence-electron chi connectivity index (χ4n) is 4.06. The normalized spacial score (nSPS) is 32.0. The van der Waals surface area contributed by atoms with Crippen LogP contribution in [0.1, 0.15) is 50.7 Å². The van der Waals surface area contributed by atoms with Crippen LogP contribution in [0.3, 0.4) is 0 Å². The molecule has 0 bridgehead atoms. The van der Waals surface area contributed by atoms with Crippen LogP contribution in [0.4, 0.5) is 0 Å². The maximum Gasteiger partial charge on any atom is 0.123 e. The van der Waals surface area contributed by atoms with Gasteiger partial charge in [0.2, 0.25) is 0 Å². The van der Waals surface area contributed by atoms with Gasteiger partial charge in [-0.1, -0.05) is 31.5 Å². The summed E-state index contributed by atoms with van der Waals surface area (Å²) in [5, 5.41) is 10.3. The highest BCUT2D eigenvalue weighted by molar-refractivity contribution is 5.40. The lowest BCUT2D eigenvalue weighted by Gasteiger charge is -2.36. The summed E-state index contributed by atoms with van der Waals surface area (Å²) in [5.41, 5.74) is 2.64. The first-order valence-electron chi connectivity index (χ1n) is 8.47. The first-order chi connectivity index (χ1) is 10.0. The van der Waals surface area contributed by atoms with E-state index in [9.17, 15) is 5.11 Å². The summed E-state index contributed by atoms with van der Waals surface area (Å²) in [6, 6.07) is 6.45. The summed E-state index contributed by atoms with van der Waals surface area (Å²) in [6.07, 6.45) is 5.44. The van der Waals surface area contributed by atoms with Crippen molar-refractivity contribution < 1.29 is 9.84 Å². The third-order valence-electron chi connectivity index (χ3n) is 5.45. The number of fused-ring (bicyclic) bond motifs is 1. The number of rotatable bonds is 3. The van der Waals surface area contributed by atoms with Crippen molar-refractivity contribution in [2.45, 2.75) is 65.1 Å². The predicted molar refractivity (Wildman–Crippen MR) is 85.6 cm³/mol. The monoisotopic (exact) mass is 288 g/mol. The van der Waals surface area contributed by atoms with Crippen molar-refractivity contribution >= 4 is 0 Å². The molecule has 0 spiro atoms. The van der Waals surface area contributed by atoms with Crippen LogP contribution in [-0.2, 0) is 6.42 Å². The molecule has 1 fully saturated rings. The summed E-state index contributed by atoms with van der Waals surface area (Å²) < 4.78 is 6.10. The number of aliphatic hydroxyl groups excluding tert-OH is 1. The van der Waals surface area contributed by atoms with Gasteiger partial charge in [0.05, 0.1) is 6.10 Å². The van der Waals surface area contributed by atoms with E-state index in [1.165, 1.54) is 17.5 Å². The Balaban J connectivity index is 1.62. The molecule has 2 nitrogen and oxygen atoms in total. The molecule has 0 amide bonds. The van der Waals surface area contributed by atoms with Crippen LogP contribution in [-0.4, -0.2) is 17.3 Å². The number of benzene rings is 1. The largest absolute Gasteiger partial charge is 0.490 e. The van der Waals surface area contributed by atoms with Crippen molar-refractivity contribution in [2.24, 2.45) is 17.8 Å². The molecule has 1 heterocycles. The Morgan fingerprint density at radius 3 is 2.86 bits per heavy atom. The van der Waals surface area contributed by atoms with Gasteiger partial charge in [-0.05, 0) is 62.0 Å². The Morgan fingerprint density at radius 1 is 1.29 bits per heavy atom. The molecule has 0 aromatic heterocycles. The zero-order valence-electron chi connectivity index (χ0n) is 13.5. The summed E-state index contributed by atoms with van der Waals surface area (Å²) in [7, 11) is 0. The van der Waals surface area contributed by atoms with Crippen LogP contribution in [0.25, 0.3) is 0 Å². The van der Waals surface area contributed by atoms with E-state index in [-0.39, 0.29) is 12.2 Å². The zero-order valence-corrected chi connectivity index (χ0v) is 13.5. The van der Waals surface area contributed by atoms with Gasteiger partial charge in [0.25, 0.3) is 0 Å². The quantitative estimate of drug-likeness (QED) is 0.906. The molecule has 1 saturated carbocycles. The highest BCUT2D eigenvalue weighted by Gasteiger charge is 2.34. The van der Waals surface area contributed by atoms with E-state index in [4.69, 9.17) is 4.74 Å². The molecule has 1 N–H and O–H groups in total. The summed E-state index contributed by atoms with van der Waals surface area (Å²) in [5.74, 6) is 2.96. The van der Waals surface area contributed by atoms with Crippen molar-refractivity contribution in [1.82, 2.24) is 0 Å². The molecule has 2 aliphatic rings. The molecule has 4 atom stereocenters. The second-order valence-corrected chi connectivity index (χ2v) is 7.44. The van der Waals surface area contributed by atoms with E-state index in [0.29, 0.717) is 5.92 Å². The number of hydrogen-bond donors (Lipinski definition) is 1. The minimum absolute atomic E-state index is 0.131. The Morgan fingerprint density at radius 2 is 2.10 bits per heavy atom. The lowest BCUT2D eigenvalue weighted by Crippen LogP contribution is -2.34. The summed E-state index contributed by atoms with van der Waals surface area (Å²) in [6.45, 7) is 6.75. The van der Waals surface area contributed by atoms with Crippen molar-refractivity contribution in [2.75, 3.05) is 0 Å². The maximum atomic E-state index is 10.3. The third kappa shape index (κ3) is 3.26. The van der Waals surface area contributed by atoms with Crippen LogP contribution in [0.2, 0.25) is 0 Å². The molecule has 4 unspecified atom stereocenters.